The molecule has 26 heavy (non-hydrogen) atoms. The molecule has 1 N–H and O–H groups in total. The largest absolute Gasteiger partial charge is 0.493 e. The van der Waals surface area contributed by atoms with Crippen molar-refractivity contribution in [2.24, 2.45) is 0 Å². The Balaban J connectivity index is 1.72. The van der Waals surface area contributed by atoms with Crippen molar-refractivity contribution in [2.75, 3.05) is 19.5 Å². The highest BCUT2D eigenvalue weighted by molar-refractivity contribution is 5.92. The van der Waals surface area contributed by atoms with Crippen LogP contribution in [0.25, 0.3) is 11.3 Å². The summed E-state index contributed by atoms with van der Waals surface area (Å²) in [7, 11) is 3.15. The molecule has 6 heteroatoms. The number of carbonyl (C=O) groups is 1. The highest BCUT2D eigenvalue weighted by Gasteiger charge is 2.13. The number of benzene rings is 2. The fourth-order valence-electron chi connectivity index (χ4n) is 2.59. The molecule has 2 aromatic carbocycles. The molecule has 0 unspecified atom stereocenters. The number of rotatable bonds is 6. The monoisotopic (exact) mass is 352 g/mol. The van der Waals surface area contributed by atoms with E-state index in [0.717, 1.165) is 16.8 Å². The average Bonchev–Trinajstić information content (AvgIpc) is 3.11. The molecule has 1 amide bonds. The second-order valence-electron chi connectivity index (χ2n) is 5.79. The highest BCUT2D eigenvalue weighted by Crippen LogP contribution is 2.32. The average molecular weight is 352 g/mol. The maximum Gasteiger partial charge on any atom is 0.230 e. The molecule has 3 rings (SSSR count). The van der Waals surface area contributed by atoms with Crippen molar-refractivity contribution in [3.8, 4) is 22.8 Å². The van der Waals surface area contributed by atoms with Crippen LogP contribution < -0.4 is 14.8 Å². The van der Waals surface area contributed by atoms with E-state index in [2.05, 4.69) is 10.5 Å². The Morgan fingerprint density at radius 2 is 1.85 bits per heavy atom. The van der Waals surface area contributed by atoms with Gasteiger partial charge >= 0.3 is 0 Å². The van der Waals surface area contributed by atoms with Gasteiger partial charge in [-0.15, -0.1) is 0 Å². The summed E-state index contributed by atoms with van der Waals surface area (Å²) in [5.41, 5.74) is 3.15. The van der Waals surface area contributed by atoms with Crippen LogP contribution in [0.15, 0.2) is 53.1 Å². The molecule has 0 aliphatic carbocycles. The lowest BCUT2D eigenvalue weighted by Crippen LogP contribution is -2.15. The molecule has 134 valence electrons. The zero-order chi connectivity index (χ0) is 18.5. The molecule has 0 saturated heterocycles. The molecule has 0 bridgehead atoms. The van der Waals surface area contributed by atoms with Gasteiger partial charge in [0.2, 0.25) is 5.91 Å². The Hall–Kier alpha value is -3.28. The van der Waals surface area contributed by atoms with Gasteiger partial charge in [0.1, 0.15) is 0 Å². The van der Waals surface area contributed by atoms with Crippen molar-refractivity contribution >= 4 is 11.6 Å². The van der Waals surface area contributed by atoms with Gasteiger partial charge in [-0.1, -0.05) is 23.4 Å². The maximum atomic E-state index is 12.2. The number of methoxy groups -OCH3 is 2. The second kappa shape index (κ2) is 7.74. The van der Waals surface area contributed by atoms with E-state index in [1.54, 1.807) is 32.4 Å². The van der Waals surface area contributed by atoms with E-state index in [0.29, 0.717) is 23.0 Å². The normalized spacial score (nSPS) is 10.4. The lowest BCUT2D eigenvalue weighted by molar-refractivity contribution is -0.115. The number of nitrogens with zero attached hydrogens (tertiary/aromatic N) is 1. The van der Waals surface area contributed by atoms with E-state index in [-0.39, 0.29) is 12.3 Å². The highest BCUT2D eigenvalue weighted by atomic mass is 16.5. The fraction of sp³-hybridized carbons (Fsp3) is 0.200. The lowest BCUT2D eigenvalue weighted by Gasteiger charge is -2.07. The summed E-state index contributed by atoms with van der Waals surface area (Å²) in [6, 6.07) is 14.8. The second-order valence-corrected chi connectivity index (χ2v) is 5.79. The van der Waals surface area contributed by atoms with E-state index in [1.807, 2.05) is 37.3 Å². The fourth-order valence-corrected chi connectivity index (χ4v) is 2.59. The third kappa shape index (κ3) is 3.85. The van der Waals surface area contributed by atoms with Crippen molar-refractivity contribution in [1.29, 1.82) is 0 Å². The number of aromatic nitrogens is 1. The van der Waals surface area contributed by atoms with Crippen LogP contribution in [0.5, 0.6) is 11.5 Å². The van der Waals surface area contributed by atoms with E-state index in [4.69, 9.17) is 14.0 Å². The summed E-state index contributed by atoms with van der Waals surface area (Å²) >= 11 is 0. The van der Waals surface area contributed by atoms with Crippen LogP contribution >= 0.6 is 0 Å². The van der Waals surface area contributed by atoms with Crippen molar-refractivity contribution < 1.29 is 18.8 Å². The molecule has 6 nitrogen and oxygen atoms in total. The molecule has 0 saturated carbocycles. The van der Waals surface area contributed by atoms with Crippen LogP contribution in [0.4, 0.5) is 5.69 Å². The predicted molar refractivity (Wildman–Crippen MR) is 98.6 cm³/mol. The van der Waals surface area contributed by atoms with Crippen LogP contribution in [0.3, 0.4) is 0 Å². The minimum absolute atomic E-state index is 0.130. The molecule has 0 aliphatic heterocycles. The Kier molecular flexibility index (Phi) is 5.22. The van der Waals surface area contributed by atoms with Gasteiger partial charge < -0.3 is 19.3 Å². The van der Waals surface area contributed by atoms with Crippen molar-refractivity contribution in [3.63, 3.8) is 0 Å². The van der Waals surface area contributed by atoms with E-state index < -0.39 is 0 Å². The van der Waals surface area contributed by atoms with Crippen molar-refractivity contribution in [2.45, 2.75) is 13.3 Å². The number of ether oxygens (including phenoxy) is 2. The first-order valence-corrected chi connectivity index (χ1v) is 8.14. The molecule has 0 aliphatic rings. The predicted octanol–water partition coefficient (Wildman–Crippen LogP) is 3.85. The van der Waals surface area contributed by atoms with Gasteiger partial charge in [-0.3, -0.25) is 4.79 Å². The van der Waals surface area contributed by atoms with Gasteiger partial charge in [0.25, 0.3) is 0 Å². The summed E-state index contributed by atoms with van der Waals surface area (Å²) in [5.74, 6) is 1.64. The van der Waals surface area contributed by atoms with Gasteiger partial charge in [-0.25, -0.2) is 0 Å². The third-order valence-electron chi connectivity index (χ3n) is 3.99. The van der Waals surface area contributed by atoms with Gasteiger partial charge in [0.15, 0.2) is 17.3 Å². The van der Waals surface area contributed by atoms with Crippen LogP contribution in [0.1, 0.15) is 11.3 Å². The molecule has 1 aromatic heterocycles. The molecule has 3 aromatic rings. The topological polar surface area (TPSA) is 73.6 Å². The minimum atomic E-state index is -0.147. The SMILES string of the molecule is COc1ccc(-c2cc(CC(=O)Nc3ccccc3C)no2)cc1OC. The zero-order valence-electron chi connectivity index (χ0n) is 14.9. The Labute approximate surface area is 151 Å². The molecular weight excluding hydrogens is 332 g/mol. The standard InChI is InChI=1S/C20H20N2O4/c1-13-6-4-5-7-16(13)21-20(23)12-15-11-18(26-22-15)14-8-9-17(24-2)19(10-14)25-3/h4-11H,12H2,1-3H3,(H,21,23). The van der Waals surface area contributed by atoms with E-state index in [1.165, 1.54) is 0 Å². The molecule has 0 radical (unpaired) electrons. The van der Waals surface area contributed by atoms with Crippen LogP contribution in [-0.2, 0) is 11.2 Å². The summed E-state index contributed by atoms with van der Waals surface area (Å²) < 4.78 is 15.9. The summed E-state index contributed by atoms with van der Waals surface area (Å²) in [5, 5.41) is 6.87. The van der Waals surface area contributed by atoms with E-state index >= 15 is 0 Å². The quantitative estimate of drug-likeness (QED) is 0.729. The molecule has 1 heterocycles. The summed E-state index contributed by atoms with van der Waals surface area (Å²) in [6.45, 7) is 1.95. The minimum Gasteiger partial charge on any atom is -0.493 e. The van der Waals surface area contributed by atoms with Crippen LogP contribution in [0.2, 0.25) is 0 Å². The van der Waals surface area contributed by atoms with Crippen molar-refractivity contribution in [3.05, 3.63) is 59.8 Å². The van der Waals surface area contributed by atoms with Gasteiger partial charge in [0, 0.05) is 17.3 Å². The number of anilines is 1. The number of nitrogens with one attached hydrogen (secondary N) is 1. The number of hydrogen-bond acceptors (Lipinski definition) is 5. The maximum absolute atomic E-state index is 12.2. The first kappa shape index (κ1) is 17.5. The Bertz CT molecular complexity index is 918. The molecule has 0 fully saturated rings. The molecular formula is C20H20N2O4. The number of carbonyl (C=O) groups excluding carboxylic acids is 1. The molecule has 0 atom stereocenters. The van der Waals surface area contributed by atoms with Crippen molar-refractivity contribution in [1.82, 2.24) is 5.16 Å². The number of para-hydroxylation sites is 1. The van der Waals surface area contributed by atoms with E-state index in [9.17, 15) is 4.79 Å². The number of hydrogen-bond donors (Lipinski definition) is 1. The van der Waals surface area contributed by atoms with Gasteiger partial charge in [-0.2, -0.15) is 0 Å². The smallest absolute Gasteiger partial charge is 0.230 e. The summed E-state index contributed by atoms with van der Waals surface area (Å²) in [4.78, 5) is 12.2. The lowest BCUT2D eigenvalue weighted by atomic mass is 10.1. The zero-order valence-corrected chi connectivity index (χ0v) is 14.9. The number of amides is 1. The van der Waals surface area contributed by atoms with Gasteiger partial charge in [-0.05, 0) is 36.8 Å². The first-order chi connectivity index (χ1) is 12.6. The third-order valence-corrected chi connectivity index (χ3v) is 3.99. The Morgan fingerprint density at radius 3 is 2.58 bits per heavy atom. The van der Waals surface area contributed by atoms with Crippen LogP contribution in [0, 0.1) is 6.92 Å². The van der Waals surface area contributed by atoms with Gasteiger partial charge in [0.05, 0.1) is 26.3 Å². The number of aryl methyl sites for hydroxylation is 1. The Morgan fingerprint density at radius 1 is 1.08 bits per heavy atom. The molecule has 0 spiro atoms. The summed E-state index contributed by atoms with van der Waals surface area (Å²) in [6.07, 6.45) is 0.130. The first-order valence-electron chi connectivity index (χ1n) is 8.14. The van der Waals surface area contributed by atoms with Crippen LogP contribution in [-0.4, -0.2) is 25.3 Å².